The van der Waals surface area contributed by atoms with Crippen molar-refractivity contribution in [3.05, 3.63) is 30.3 Å². The number of benzene rings is 1. The lowest BCUT2D eigenvalue weighted by molar-refractivity contribution is 0.0555. The maximum atomic E-state index is 11.5. The normalized spacial score (nSPS) is 19.4. The van der Waals surface area contributed by atoms with Crippen LogP contribution in [0, 0.1) is 0 Å². The number of carbonyl (C=O) groups excluding carboxylic acids is 1. The molecule has 0 aromatic heterocycles. The van der Waals surface area contributed by atoms with E-state index < -0.39 is 0 Å². The van der Waals surface area contributed by atoms with Crippen LogP contribution in [-0.4, -0.2) is 51.0 Å². The van der Waals surface area contributed by atoms with Gasteiger partial charge in [-0.25, -0.2) is 4.79 Å². The van der Waals surface area contributed by atoms with Crippen molar-refractivity contribution >= 4 is 11.8 Å². The largest absolute Gasteiger partial charge is 0.428 e. The molecule has 18 heavy (non-hydrogen) atoms. The van der Waals surface area contributed by atoms with Crippen molar-refractivity contribution in [2.45, 2.75) is 6.23 Å². The Bertz CT molecular complexity index is 394. The summed E-state index contributed by atoms with van der Waals surface area (Å²) in [6.45, 7) is 2.39. The highest BCUT2D eigenvalue weighted by Gasteiger charge is 2.23. The molecule has 0 radical (unpaired) electrons. The van der Waals surface area contributed by atoms with Crippen molar-refractivity contribution in [2.24, 2.45) is 0 Å². The van der Waals surface area contributed by atoms with Crippen molar-refractivity contribution in [1.29, 1.82) is 0 Å². The van der Waals surface area contributed by atoms with Gasteiger partial charge in [0.2, 0.25) is 0 Å². The molecule has 1 aromatic carbocycles. The zero-order valence-corrected chi connectivity index (χ0v) is 10.8. The van der Waals surface area contributed by atoms with Crippen LogP contribution in [0.1, 0.15) is 0 Å². The number of ether oxygens (including phenoxy) is 1. The van der Waals surface area contributed by atoms with E-state index in [0.29, 0.717) is 6.54 Å². The lowest BCUT2D eigenvalue weighted by Gasteiger charge is -2.35. The number of hydrogen-bond acceptors (Lipinski definition) is 4. The van der Waals surface area contributed by atoms with E-state index in [2.05, 4.69) is 22.3 Å². The average molecular weight is 249 g/mol. The van der Waals surface area contributed by atoms with E-state index in [1.807, 2.05) is 18.2 Å². The SMILES string of the molecule is CN(C)C(=O)O[C@H]1CN(c2ccccc2)CCN1. The minimum absolute atomic E-state index is 0.256. The van der Waals surface area contributed by atoms with E-state index in [1.165, 1.54) is 4.90 Å². The first-order valence-electron chi connectivity index (χ1n) is 6.08. The molecule has 1 atom stereocenters. The number of amides is 1. The molecule has 1 aromatic rings. The zero-order chi connectivity index (χ0) is 13.0. The molecule has 1 heterocycles. The summed E-state index contributed by atoms with van der Waals surface area (Å²) < 4.78 is 5.34. The second-order valence-electron chi connectivity index (χ2n) is 4.50. The molecule has 98 valence electrons. The molecular weight excluding hydrogens is 230 g/mol. The molecule has 1 aliphatic rings. The number of piperazine rings is 1. The van der Waals surface area contributed by atoms with Crippen molar-refractivity contribution in [2.75, 3.05) is 38.6 Å². The molecular formula is C13H19N3O2. The Labute approximate surface area is 107 Å². The maximum absolute atomic E-state index is 11.5. The number of nitrogens with zero attached hydrogens (tertiary/aromatic N) is 2. The van der Waals surface area contributed by atoms with Crippen LogP contribution >= 0.6 is 0 Å². The first-order valence-corrected chi connectivity index (χ1v) is 6.08. The van der Waals surface area contributed by atoms with Gasteiger partial charge < -0.3 is 14.5 Å². The Morgan fingerprint density at radius 1 is 1.39 bits per heavy atom. The fraction of sp³-hybridized carbons (Fsp3) is 0.462. The molecule has 0 spiro atoms. The molecule has 5 heteroatoms. The lowest BCUT2D eigenvalue weighted by Crippen LogP contribution is -2.53. The Balaban J connectivity index is 1.95. The molecule has 1 amide bonds. The van der Waals surface area contributed by atoms with Crippen LogP contribution in [0.5, 0.6) is 0 Å². The van der Waals surface area contributed by atoms with Gasteiger partial charge in [0, 0.05) is 32.9 Å². The second-order valence-corrected chi connectivity index (χ2v) is 4.50. The van der Waals surface area contributed by atoms with Crippen molar-refractivity contribution in [3.8, 4) is 0 Å². The van der Waals surface area contributed by atoms with Crippen molar-refractivity contribution in [3.63, 3.8) is 0 Å². The summed E-state index contributed by atoms with van der Waals surface area (Å²) in [5.41, 5.74) is 1.16. The first-order chi connectivity index (χ1) is 8.66. The van der Waals surface area contributed by atoms with E-state index in [-0.39, 0.29) is 12.3 Å². The minimum Gasteiger partial charge on any atom is -0.428 e. The van der Waals surface area contributed by atoms with Gasteiger partial charge in [-0.2, -0.15) is 0 Å². The van der Waals surface area contributed by atoms with Crippen LogP contribution < -0.4 is 10.2 Å². The molecule has 1 aliphatic heterocycles. The molecule has 2 rings (SSSR count). The summed E-state index contributed by atoms with van der Waals surface area (Å²) in [6, 6.07) is 10.2. The molecule has 1 saturated heterocycles. The number of carbonyl (C=O) groups is 1. The standard InChI is InChI=1S/C13H19N3O2/c1-15(2)13(17)18-12-10-16(9-8-14-12)11-6-4-3-5-7-11/h3-7,12,14H,8-10H2,1-2H3/t12-/m0/s1. The van der Waals surface area contributed by atoms with Gasteiger partial charge in [-0.15, -0.1) is 0 Å². The topological polar surface area (TPSA) is 44.8 Å². The highest BCUT2D eigenvalue weighted by atomic mass is 16.6. The summed E-state index contributed by atoms with van der Waals surface area (Å²) >= 11 is 0. The van der Waals surface area contributed by atoms with Gasteiger partial charge in [0.25, 0.3) is 0 Å². The predicted octanol–water partition coefficient (Wildman–Crippen LogP) is 1.12. The van der Waals surface area contributed by atoms with E-state index in [9.17, 15) is 4.79 Å². The van der Waals surface area contributed by atoms with Gasteiger partial charge in [-0.3, -0.25) is 5.32 Å². The molecule has 0 aliphatic carbocycles. The van der Waals surface area contributed by atoms with Gasteiger partial charge in [0.1, 0.15) is 0 Å². The third-order valence-corrected chi connectivity index (χ3v) is 2.87. The van der Waals surface area contributed by atoms with Crippen molar-refractivity contribution in [1.82, 2.24) is 10.2 Å². The van der Waals surface area contributed by atoms with Crippen LogP contribution in [0.3, 0.4) is 0 Å². The van der Waals surface area contributed by atoms with Gasteiger partial charge in [-0.05, 0) is 12.1 Å². The van der Waals surface area contributed by atoms with E-state index in [4.69, 9.17) is 4.74 Å². The third-order valence-electron chi connectivity index (χ3n) is 2.87. The Hall–Kier alpha value is -1.75. The highest BCUT2D eigenvalue weighted by Crippen LogP contribution is 2.15. The molecule has 5 nitrogen and oxygen atoms in total. The molecule has 1 N–H and O–H groups in total. The van der Waals surface area contributed by atoms with Gasteiger partial charge >= 0.3 is 6.09 Å². The summed E-state index contributed by atoms with van der Waals surface area (Å²) in [4.78, 5) is 15.1. The van der Waals surface area contributed by atoms with Crippen LogP contribution in [0.2, 0.25) is 0 Å². The first kappa shape index (κ1) is 12.7. The number of para-hydroxylation sites is 1. The summed E-state index contributed by atoms with van der Waals surface area (Å²) in [5.74, 6) is 0. The van der Waals surface area contributed by atoms with Gasteiger partial charge in [0.15, 0.2) is 6.23 Å². The molecule has 1 fully saturated rings. The zero-order valence-electron chi connectivity index (χ0n) is 10.8. The summed E-state index contributed by atoms with van der Waals surface area (Å²) in [5, 5.41) is 3.19. The second kappa shape index (κ2) is 5.73. The maximum Gasteiger partial charge on any atom is 0.410 e. The Morgan fingerprint density at radius 3 is 2.78 bits per heavy atom. The number of anilines is 1. The lowest BCUT2D eigenvalue weighted by atomic mass is 10.2. The molecule has 0 bridgehead atoms. The number of nitrogens with one attached hydrogen (secondary N) is 1. The predicted molar refractivity (Wildman–Crippen MR) is 70.6 cm³/mol. The minimum atomic E-state index is -0.317. The fourth-order valence-electron chi connectivity index (χ4n) is 1.90. The monoisotopic (exact) mass is 249 g/mol. The van der Waals surface area contributed by atoms with Crippen molar-refractivity contribution < 1.29 is 9.53 Å². The Kier molecular flexibility index (Phi) is 4.04. The molecule has 0 unspecified atom stereocenters. The summed E-state index contributed by atoms with van der Waals surface area (Å²) in [6.07, 6.45) is -0.573. The quantitative estimate of drug-likeness (QED) is 0.853. The van der Waals surface area contributed by atoms with E-state index in [0.717, 1.165) is 18.8 Å². The third kappa shape index (κ3) is 3.13. The van der Waals surface area contributed by atoms with Crippen LogP contribution in [0.15, 0.2) is 30.3 Å². The van der Waals surface area contributed by atoms with E-state index in [1.54, 1.807) is 14.1 Å². The summed E-state index contributed by atoms with van der Waals surface area (Å²) in [7, 11) is 3.36. The Morgan fingerprint density at radius 2 is 2.11 bits per heavy atom. The van der Waals surface area contributed by atoms with Crippen LogP contribution in [-0.2, 0) is 4.74 Å². The van der Waals surface area contributed by atoms with Gasteiger partial charge in [-0.1, -0.05) is 18.2 Å². The average Bonchev–Trinajstić information content (AvgIpc) is 2.40. The number of hydrogen-bond donors (Lipinski definition) is 1. The smallest absolute Gasteiger partial charge is 0.410 e. The highest BCUT2D eigenvalue weighted by molar-refractivity contribution is 5.67. The fourth-order valence-corrected chi connectivity index (χ4v) is 1.90. The van der Waals surface area contributed by atoms with Gasteiger partial charge in [0.05, 0.1) is 6.54 Å². The number of rotatable bonds is 2. The van der Waals surface area contributed by atoms with Crippen LogP contribution in [0.4, 0.5) is 10.5 Å². The van der Waals surface area contributed by atoms with E-state index >= 15 is 0 Å². The van der Waals surface area contributed by atoms with Crippen LogP contribution in [0.25, 0.3) is 0 Å². The molecule has 0 saturated carbocycles.